The van der Waals surface area contributed by atoms with E-state index in [-0.39, 0.29) is 5.92 Å². The molecule has 3 aromatic rings. The minimum Gasteiger partial charge on any atom is -0.839 e. The van der Waals surface area contributed by atoms with Gasteiger partial charge in [0.25, 0.3) is 0 Å². The van der Waals surface area contributed by atoms with Crippen LogP contribution in [0.3, 0.4) is 0 Å². The van der Waals surface area contributed by atoms with Gasteiger partial charge in [0, 0.05) is 6.42 Å². The molecule has 1 saturated carbocycles. The van der Waals surface area contributed by atoms with E-state index in [1.807, 2.05) is 60.7 Å². The Morgan fingerprint density at radius 2 is 1.67 bits per heavy atom. The Labute approximate surface area is 197 Å². The van der Waals surface area contributed by atoms with Crippen LogP contribution in [0.15, 0.2) is 71.3 Å². The van der Waals surface area contributed by atoms with Crippen molar-refractivity contribution in [2.24, 2.45) is 5.92 Å². The fourth-order valence-corrected chi connectivity index (χ4v) is 4.98. The molecule has 0 radical (unpaired) electrons. The van der Waals surface area contributed by atoms with Gasteiger partial charge in [0.05, 0.1) is 33.4 Å². The molecule has 0 amide bonds. The summed E-state index contributed by atoms with van der Waals surface area (Å²) in [4.78, 5) is 4.55. The molecule has 33 heavy (non-hydrogen) atoms. The molecule has 0 unspecified atom stereocenters. The summed E-state index contributed by atoms with van der Waals surface area (Å²) in [6, 6.07) is 19.6. The number of hydrogen-bond donors (Lipinski definition) is 0. The van der Waals surface area contributed by atoms with Crippen LogP contribution in [-0.2, 0) is 12.1 Å². The highest BCUT2D eigenvalue weighted by atomic mass is 16.5. The first-order valence-corrected chi connectivity index (χ1v) is 12.2. The van der Waals surface area contributed by atoms with Crippen LogP contribution in [0.1, 0.15) is 55.7 Å². The van der Waals surface area contributed by atoms with Gasteiger partial charge in [0.15, 0.2) is 11.7 Å². The molecule has 1 fully saturated rings. The van der Waals surface area contributed by atoms with Gasteiger partial charge in [0.1, 0.15) is 12.3 Å². The Kier molecular flexibility index (Phi) is 7.51. The molecule has 1 aliphatic carbocycles. The minimum absolute atomic E-state index is 0.0118. The third-order valence-corrected chi connectivity index (χ3v) is 6.76. The van der Waals surface area contributed by atoms with Crippen LogP contribution in [0.4, 0.5) is 0 Å². The molecule has 176 valence electrons. The van der Waals surface area contributed by atoms with Gasteiger partial charge in [0.2, 0.25) is 0 Å². The molecule has 1 atom stereocenters. The van der Waals surface area contributed by atoms with Crippen LogP contribution >= 0.6 is 0 Å². The quantitative estimate of drug-likeness (QED) is 0.327. The molecule has 1 aliphatic rings. The van der Waals surface area contributed by atoms with Crippen molar-refractivity contribution in [2.45, 2.75) is 50.7 Å². The van der Waals surface area contributed by atoms with E-state index in [0.717, 1.165) is 60.2 Å². The number of aromatic nitrogens is 1. The number of hydrogen-bond acceptors (Lipinski definition) is 4. The topological polar surface area (TPSA) is 58.3 Å². The molecule has 5 nitrogen and oxygen atoms in total. The number of oxazole rings is 1. The van der Waals surface area contributed by atoms with Gasteiger partial charge in [-0.15, -0.1) is 0 Å². The minimum atomic E-state index is -1.43. The fraction of sp³-hybridized carbons (Fsp3) is 0.464. The van der Waals surface area contributed by atoms with Crippen LogP contribution in [0.25, 0.3) is 0 Å². The summed E-state index contributed by atoms with van der Waals surface area (Å²) in [5, 5.41) is 14.4. The van der Waals surface area contributed by atoms with Crippen LogP contribution in [0.5, 0.6) is 5.75 Å². The van der Waals surface area contributed by atoms with Crippen LogP contribution < -0.4 is 9.84 Å². The number of ether oxygens (including phenoxy) is 1. The van der Waals surface area contributed by atoms with E-state index in [0.29, 0.717) is 19.0 Å². The number of para-hydroxylation sites is 1. The van der Waals surface area contributed by atoms with Crippen molar-refractivity contribution in [1.82, 2.24) is 4.98 Å². The standard InChI is InChI=1S/C28H36N2O3/c1-30(2,19-12-20-32-25-17-10-5-11-18-25)22-26-21-29-27(33-26)28(31,23-13-6-3-7-14-23)24-15-8-4-9-16-24/h3,5-7,10-11,13-14,17-18,21,24H,4,8-9,12,15-16,19-20,22H2,1-2H3/t28-/m1/s1. The molecule has 5 heteroatoms. The summed E-state index contributed by atoms with van der Waals surface area (Å²) in [6.45, 7) is 2.30. The van der Waals surface area contributed by atoms with Gasteiger partial charge in [-0.2, -0.15) is 0 Å². The van der Waals surface area contributed by atoms with Crippen molar-refractivity contribution in [2.75, 3.05) is 27.2 Å². The third kappa shape index (κ3) is 5.84. The van der Waals surface area contributed by atoms with Gasteiger partial charge in [-0.3, -0.25) is 0 Å². The zero-order valence-electron chi connectivity index (χ0n) is 19.9. The lowest BCUT2D eigenvalue weighted by Gasteiger charge is -2.46. The molecule has 4 rings (SSSR count). The van der Waals surface area contributed by atoms with Gasteiger partial charge in [-0.25, -0.2) is 4.98 Å². The van der Waals surface area contributed by atoms with E-state index in [1.165, 1.54) is 6.42 Å². The number of nitrogens with zero attached hydrogens (tertiary/aromatic N) is 2. The first-order valence-electron chi connectivity index (χ1n) is 12.2. The molecule has 0 saturated heterocycles. The highest BCUT2D eigenvalue weighted by Crippen LogP contribution is 2.41. The predicted octanol–water partition coefficient (Wildman–Crippen LogP) is 4.90. The predicted molar refractivity (Wildman–Crippen MR) is 128 cm³/mol. The van der Waals surface area contributed by atoms with Crippen LogP contribution in [-0.4, -0.2) is 36.7 Å². The first-order chi connectivity index (χ1) is 16.0. The summed E-state index contributed by atoms with van der Waals surface area (Å²) in [7, 11) is 4.35. The van der Waals surface area contributed by atoms with Gasteiger partial charge >= 0.3 is 0 Å². The number of rotatable bonds is 10. The zero-order chi connectivity index (χ0) is 23.2. The molecule has 0 aliphatic heterocycles. The second-order valence-electron chi connectivity index (χ2n) is 9.90. The highest BCUT2D eigenvalue weighted by molar-refractivity contribution is 5.29. The van der Waals surface area contributed by atoms with E-state index >= 15 is 0 Å². The molecule has 1 aromatic heterocycles. The summed E-state index contributed by atoms with van der Waals surface area (Å²) in [6.07, 6.45) is 7.96. The maximum absolute atomic E-state index is 14.4. The summed E-state index contributed by atoms with van der Waals surface area (Å²) in [5.41, 5.74) is -0.669. The third-order valence-electron chi connectivity index (χ3n) is 6.76. The van der Waals surface area contributed by atoms with Crippen molar-refractivity contribution in [3.63, 3.8) is 0 Å². The Morgan fingerprint density at radius 1 is 1.00 bits per heavy atom. The Balaban J connectivity index is 1.42. The van der Waals surface area contributed by atoms with E-state index < -0.39 is 5.60 Å². The SMILES string of the molecule is C[N+](C)(CCCOc1ccccc1)Cc1cnc([C@@]([O-])(c2ccccc2)C2CCCCC2)o1. The molecule has 0 spiro atoms. The molecular weight excluding hydrogens is 412 g/mol. The second kappa shape index (κ2) is 10.5. The second-order valence-corrected chi connectivity index (χ2v) is 9.90. The fourth-order valence-electron chi connectivity index (χ4n) is 4.98. The zero-order valence-corrected chi connectivity index (χ0v) is 19.9. The maximum Gasteiger partial charge on any atom is 0.188 e. The Hall–Kier alpha value is -2.63. The van der Waals surface area contributed by atoms with Gasteiger partial charge in [-0.05, 0) is 29.2 Å². The van der Waals surface area contributed by atoms with E-state index in [4.69, 9.17) is 9.15 Å². The van der Waals surface area contributed by atoms with Crippen LogP contribution in [0, 0.1) is 5.92 Å². The monoisotopic (exact) mass is 448 g/mol. The van der Waals surface area contributed by atoms with Gasteiger partial charge in [-0.1, -0.05) is 80.6 Å². The van der Waals surface area contributed by atoms with E-state index in [9.17, 15) is 5.11 Å². The Morgan fingerprint density at radius 3 is 2.36 bits per heavy atom. The smallest absolute Gasteiger partial charge is 0.188 e. The summed E-state index contributed by atoms with van der Waals surface area (Å²) in [5.74, 6) is 2.00. The maximum atomic E-state index is 14.4. The average Bonchev–Trinajstić information content (AvgIpc) is 3.31. The van der Waals surface area contributed by atoms with Crippen molar-refractivity contribution < 1.29 is 18.7 Å². The molecule has 0 N–H and O–H groups in total. The molecule has 1 heterocycles. The summed E-state index contributed by atoms with van der Waals surface area (Å²) >= 11 is 0. The first kappa shape index (κ1) is 23.5. The molecular formula is C28H36N2O3. The highest BCUT2D eigenvalue weighted by Gasteiger charge is 2.36. The van der Waals surface area contributed by atoms with Crippen molar-refractivity contribution in [3.8, 4) is 5.75 Å². The molecule has 2 aromatic carbocycles. The largest absolute Gasteiger partial charge is 0.839 e. The lowest BCUT2D eigenvalue weighted by Crippen LogP contribution is -2.49. The van der Waals surface area contributed by atoms with Crippen molar-refractivity contribution in [1.29, 1.82) is 0 Å². The van der Waals surface area contributed by atoms with E-state index in [2.05, 4.69) is 19.1 Å². The number of quaternary nitrogens is 1. The lowest BCUT2D eigenvalue weighted by molar-refractivity contribution is -0.904. The Bertz CT molecular complexity index is 981. The van der Waals surface area contributed by atoms with Crippen molar-refractivity contribution >= 4 is 0 Å². The molecule has 0 bridgehead atoms. The van der Waals surface area contributed by atoms with Gasteiger partial charge < -0.3 is 18.7 Å². The van der Waals surface area contributed by atoms with Crippen molar-refractivity contribution in [3.05, 3.63) is 84.1 Å². The lowest BCUT2D eigenvalue weighted by atomic mass is 9.73. The average molecular weight is 449 g/mol. The van der Waals surface area contributed by atoms with E-state index in [1.54, 1.807) is 6.20 Å². The van der Waals surface area contributed by atoms with Crippen LogP contribution in [0.2, 0.25) is 0 Å². The normalized spacial score (nSPS) is 16.9. The number of benzene rings is 2. The summed E-state index contributed by atoms with van der Waals surface area (Å²) < 4.78 is 12.8.